The van der Waals surface area contributed by atoms with Crippen LogP contribution in [0.4, 0.5) is 0 Å². The molecule has 1 N–H and O–H groups in total. The maximum Gasteiger partial charge on any atom is 0.125 e. The highest BCUT2D eigenvalue weighted by Crippen LogP contribution is 2.34. The van der Waals surface area contributed by atoms with Crippen molar-refractivity contribution in [2.75, 3.05) is 6.61 Å². The van der Waals surface area contributed by atoms with Crippen molar-refractivity contribution in [3.05, 3.63) is 29.8 Å². The molecule has 0 aliphatic carbocycles. The van der Waals surface area contributed by atoms with E-state index in [4.69, 9.17) is 4.74 Å². The van der Waals surface area contributed by atoms with Gasteiger partial charge < -0.3 is 9.84 Å². The van der Waals surface area contributed by atoms with Gasteiger partial charge in [0.25, 0.3) is 0 Å². The summed E-state index contributed by atoms with van der Waals surface area (Å²) in [4.78, 5) is 0.0937. The van der Waals surface area contributed by atoms with Gasteiger partial charge in [-0.05, 0) is 12.5 Å². The Morgan fingerprint density at radius 2 is 2.15 bits per heavy atom. The second kappa shape index (κ2) is 3.68. The van der Waals surface area contributed by atoms with E-state index in [1.165, 1.54) is 0 Å². The lowest BCUT2D eigenvalue weighted by atomic mass is 10.1. The topological polar surface area (TPSA) is 29.5 Å². The summed E-state index contributed by atoms with van der Waals surface area (Å²) in [6, 6.07) is 7.62. The van der Waals surface area contributed by atoms with Gasteiger partial charge in [-0.25, -0.2) is 0 Å². The monoisotopic (exact) mass is 242 g/mol. The van der Waals surface area contributed by atoms with Crippen molar-refractivity contribution in [1.82, 2.24) is 0 Å². The van der Waals surface area contributed by atoms with Crippen LogP contribution in [0.25, 0.3) is 0 Å². The van der Waals surface area contributed by atoms with E-state index in [9.17, 15) is 5.11 Å². The van der Waals surface area contributed by atoms with Gasteiger partial charge in [0.15, 0.2) is 0 Å². The zero-order valence-electron chi connectivity index (χ0n) is 7.11. The summed E-state index contributed by atoms with van der Waals surface area (Å²) in [6.45, 7) is 0.657. The molecule has 0 spiro atoms. The van der Waals surface area contributed by atoms with Crippen LogP contribution in [0.5, 0.6) is 5.75 Å². The molecular weight excluding hydrogens is 232 g/mol. The van der Waals surface area contributed by atoms with E-state index in [2.05, 4.69) is 15.9 Å². The van der Waals surface area contributed by atoms with E-state index in [1.807, 2.05) is 24.3 Å². The summed E-state index contributed by atoms with van der Waals surface area (Å²) in [7, 11) is 0. The number of rotatable bonds is 0. The Morgan fingerprint density at radius 3 is 3.00 bits per heavy atom. The average molecular weight is 243 g/mol. The normalized spacial score (nSPS) is 27.2. The molecular formula is C10H11BrO2. The molecule has 13 heavy (non-hydrogen) atoms. The number of alkyl halides is 1. The molecule has 3 heteroatoms. The molecule has 0 aromatic heterocycles. The van der Waals surface area contributed by atoms with Gasteiger partial charge in [0, 0.05) is 10.4 Å². The van der Waals surface area contributed by atoms with Gasteiger partial charge in [-0.3, -0.25) is 0 Å². The van der Waals surface area contributed by atoms with Crippen LogP contribution in [-0.2, 0) is 0 Å². The predicted molar refractivity (Wildman–Crippen MR) is 54.2 cm³/mol. The smallest absolute Gasteiger partial charge is 0.125 e. The summed E-state index contributed by atoms with van der Waals surface area (Å²) < 4.78 is 5.50. The third-order valence-electron chi connectivity index (χ3n) is 2.23. The van der Waals surface area contributed by atoms with Gasteiger partial charge in [-0.2, -0.15) is 0 Å². The molecule has 0 radical (unpaired) electrons. The molecule has 0 fully saturated rings. The molecule has 0 unspecified atom stereocenters. The highest BCUT2D eigenvalue weighted by Gasteiger charge is 2.24. The number of halogens is 1. The largest absolute Gasteiger partial charge is 0.493 e. The number of aliphatic hydroxyl groups is 1. The van der Waals surface area contributed by atoms with E-state index >= 15 is 0 Å². The lowest BCUT2D eigenvalue weighted by molar-refractivity contribution is 0.176. The molecule has 1 heterocycles. The fourth-order valence-electron chi connectivity index (χ4n) is 1.49. The third-order valence-corrected chi connectivity index (χ3v) is 3.19. The second-order valence-electron chi connectivity index (χ2n) is 3.14. The predicted octanol–water partition coefficient (Wildman–Crippen LogP) is 2.27. The van der Waals surface area contributed by atoms with Crippen molar-refractivity contribution in [1.29, 1.82) is 0 Å². The Labute approximate surface area is 85.7 Å². The van der Waals surface area contributed by atoms with Crippen LogP contribution in [0.3, 0.4) is 0 Å². The minimum absolute atomic E-state index is 0.0937. The van der Waals surface area contributed by atoms with Crippen molar-refractivity contribution >= 4 is 15.9 Å². The van der Waals surface area contributed by atoms with E-state index in [0.717, 1.165) is 17.7 Å². The van der Waals surface area contributed by atoms with Crippen LogP contribution in [-0.4, -0.2) is 16.5 Å². The molecule has 2 nitrogen and oxygen atoms in total. The quantitative estimate of drug-likeness (QED) is 0.708. The van der Waals surface area contributed by atoms with Crippen molar-refractivity contribution in [3.8, 4) is 5.75 Å². The third kappa shape index (κ3) is 1.71. The van der Waals surface area contributed by atoms with Crippen LogP contribution >= 0.6 is 15.9 Å². The Morgan fingerprint density at radius 1 is 1.38 bits per heavy atom. The van der Waals surface area contributed by atoms with Crippen LogP contribution in [0.2, 0.25) is 0 Å². The Kier molecular flexibility index (Phi) is 2.56. The number of benzene rings is 1. The van der Waals surface area contributed by atoms with Gasteiger partial charge in [0.2, 0.25) is 0 Å². The van der Waals surface area contributed by atoms with E-state index in [0.29, 0.717) is 6.61 Å². The zero-order valence-corrected chi connectivity index (χ0v) is 8.70. The fraction of sp³-hybridized carbons (Fsp3) is 0.400. The highest BCUT2D eigenvalue weighted by molar-refractivity contribution is 9.09. The first-order chi connectivity index (χ1) is 6.29. The zero-order chi connectivity index (χ0) is 9.26. The molecule has 0 saturated heterocycles. The van der Waals surface area contributed by atoms with Gasteiger partial charge in [0.1, 0.15) is 5.75 Å². The number of hydrogen-bond donors (Lipinski definition) is 1. The molecule has 1 aromatic carbocycles. The average Bonchev–Trinajstić information content (AvgIpc) is 2.29. The van der Waals surface area contributed by atoms with E-state index in [-0.39, 0.29) is 4.83 Å². The minimum atomic E-state index is -0.460. The first-order valence-electron chi connectivity index (χ1n) is 4.33. The minimum Gasteiger partial charge on any atom is -0.493 e. The van der Waals surface area contributed by atoms with Crippen LogP contribution < -0.4 is 4.74 Å². The molecule has 2 atom stereocenters. The number of aliphatic hydroxyl groups excluding tert-OH is 1. The molecule has 70 valence electrons. The molecule has 0 amide bonds. The molecule has 0 saturated carbocycles. The molecule has 0 bridgehead atoms. The number of hydrogen-bond acceptors (Lipinski definition) is 2. The van der Waals surface area contributed by atoms with Gasteiger partial charge in [-0.15, -0.1) is 0 Å². The lowest BCUT2D eigenvalue weighted by Gasteiger charge is -2.13. The first kappa shape index (κ1) is 9.03. The van der Waals surface area contributed by atoms with Crippen molar-refractivity contribution < 1.29 is 9.84 Å². The second-order valence-corrected chi connectivity index (χ2v) is 4.31. The maximum absolute atomic E-state index is 9.88. The summed E-state index contributed by atoms with van der Waals surface area (Å²) in [6.07, 6.45) is 0.370. The number of para-hydroxylation sites is 1. The van der Waals surface area contributed by atoms with Crippen LogP contribution in [0.15, 0.2) is 24.3 Å². The van der Waals surface area contributed by atoms with E-state index < -0.39 is 6.10 Å². The van der Waals surface area contributed by atoms with Crippen molar-refractivity contribution in [2.45, 2.75) is 17.4 Å². The van der Waals surface area contributed by atoms with E-state index in [1.54, 1.807) is 0 Å². The lowest BCUT2D eigenvalue weighted by Crippen LogP contribution is -2.10. The fourth-order valence-corrected chi connectivity index (χ4v) is 1.96. The maximum atomic E-state index is 9.88. The first-order valence-corrected chi connectivity index (χ1v) is 5.24. The molecule has 1 aliphatic heterocycles. The highest BCUT2D eigenvalue weighted by atomic mass is 79.9. The SMILES string of the molecule is O[C@H]1c2ccccc2OCC[C@H]1Br. The van der Waals surface area contributed by atoms with Crippen LogP contribution in [0.1, 0.15) is 18.1 Å². The van der Waals surface area contributed by atoms with Crippen molar-refractivity contribution in [3.63, 3.8) is 0 Å². The Bertz CT molecular complexity index is 301. The summed E-state index contributed by atoms with van der Waals surface area (Å²) in [5.41, 5.74) is 0.877. The number of fused-ring (bicyclic) bond motifs is 1. The summed E-state index contributed by atoms with van der Waals surface area (Å²) in [5.74, 6) is 0.803. The summed E-state index contributed by atoms with van der Waals surface area (Å²) in [5, 5.41) is 9.88. The molecule has 2 rings (SSSR count). The molecule has 1 aromatic rings. The van der Waals surface area contributed by atoms with Gasteiger partial charge in [0.05, 0.1) is 12.7 Å². The summed E-state index contributed by atoms with van der Waals surface area (Å²) >= 11 is 3.44. The van der Waals surface area contributed by atoms with Crippen LogP contribution in [0, 0.1) is 0 Å². The van der Waals surface area contributed by atoms with Gasteiger partial charge in [-0.1, -0.05) is 34.1 Å². The number of ether oxygens (including phenoxy) is 1. The van der Waals surface area contributed by atoms with Gasteiger partial charge >= 0.3 is 0 Å². The molecule has 1 aliphatic rings. The standard InChI is InChI=1S/C10H11BrO2/c11-8-5-6-13-9-4-2-1-3-7(9)10(8)12/h1-4,8,10,12H,5-6H2/t8-,10+/m1/s1. The Balaban J connectivity index is 2.40. The Hall–Kier alpha value is -0.540. The van der Waals surface area contributed by atoms with Crippen molar-refractivity contribution in [2.24, 2.45) is 0 Å².